The fraction of sp³-hybridized carbons (Fsp3) is 0.440. The molecule has 0 radical (unpaired) electrons. The van der Waals surface area contributed by atoms with Gasteiger partial charge < -0.3 is 24.2 Å². The molecule has 0 saturated carbocycles. The van der Waals surface area contributed by atoms with Crippen molar-refractivity contribution in [2.24, 2.45) is 0 Å². The van der Waals surface area contributed by atoms with Gasteiger partial charge in [-0.15, -0.1) is 13.2 Å². The molecule has 2 fully saturated rings. The van der Waals surface area contributed by atoms with E-state index < -0.39 is 5.79 Å². The maximum atomic E-state index is 9.51. The van der Waals surface area contributed by atoms with E-state index in [1.807, 2.05) is 24.3 Å². The first-order chi connectivity index (χ1) is 15.7. The van der Waals surface area contributed by atoms with Gasteiger partial charge in [-0.05, 0) is 35.9 Å². The number of hydrogen-bond donors (Lipinski definition) is 1. The Labute approximate surface area is 190 Å². The second-order valence-corrected chi connectivity index (χ2v) is 8.19. The number of phenols is 1. The van der Waals surface area contributed by atoms with E-state index in [2.05, 4.69) is 33.9 Å². The van der Waals surface area contributed by atoms with Crippen molar-refractivity contribution < 1.29 is 19.3 Å². The van der Waals surface area contributed by atoms with Gasteiger partial charge in [0.2, 0.25) is 5.79 Å². The molecular weight excluding hydrogens is 406 g/mol. The van der Waals surface area contributed by atoms with Crippen LogP contribution in [0.25, 0.3) is 0 Å². The maximum absolute atomic E-state index is 9.51. The average Bonchev–Trinajstić information content (AvgIpc) is 3.29. The number of fused-ring (bicyclic) bond motifs is 2. The highest BCUT2D eigenvalue weighted by Crippen LogP contribution is 2.43. The highest BCUT2D eigenvalue weighted by atomic mass is 16.7. The second-order valence-electron chi connectivity index (χ2n) is 8.19. The summed E-state index contributed by atoms with van der Waals surface area (Å²) >= 11 is 0. The van der Waals surface area contributed by atoms with Crippen molar-refractivity contribution in [2.75, 3.05) is 64.6 Å². The third-order valence-corrected chi connectivity index (χ3v) is 6.28. The molecule has 0 aromatic heterocycles. The lowest BCUT2D eigenvalue weighted by molar-refractivity contribution is -0.192. The highest BCUT2D eigenvalue weighted by molar-refractivity contribution is 5.49. The van der Waals surface area contributed by atoms with Crippen LogP contribution in [0.3, 0.4) is 0 Å². The Hall–Kier alpha value is -2.58. The first-order valence-corrected chi connectivity index (χ1v) is 11.1. The molecule has 0 unspecified atom stereocenters. The van der Waals surface area contributed by atoms with Crippen molar-refractivity contribution in [3.63, 3.8) is 0 Å². The zero-order valence-electron chi connectivity index (χ0n) is 18.8. The van der Waals surface area contributed by atoms with Crippen molar-refractivity contribution in [2.45, 2.75) is 12.3 Å². The quantitative estimate of drug-likeness (QED) is 0.735. The van der Waals surface area contributed by atoms with Crippen LogP contribution >= 0.6 is 0 Å². The Morgan fingerprint density at radius 2 is 1.66 bits per heavy atom. The molecular formula is C25H33N3O4. The van der Waals surface area contributed by atoms with Crippen LogP contribution < -0.4 is 9.64 Å². The topological polar surface area (TPSA) is 57.6 Å². The predicted octanol–water partition coefficient (Wildman–Crippen LogP) is 3.00. The number of nitrogens with zero attached hydrogens (tertiary/aromatic N) is 3. The lowest BCUT2D eigenvalue weighted by Gasteiger charge is -2.44. The van der Waals surface area contributed by atoms with Gasteiger partial charge in [0.1, 0.15) is 11.5 Å². The zero-order chi connectivity index (χ0) is 22.6. The number of rotatable bonds is 4. The summed E-state index contributed by atoms with van der Waals surface area (Å²) in [6, 6.07) is 13.7. The Balaban J connectivity index is 0.00000119. The monoisotopic (exact) mass is 439 g/mol. The lowest BCUT2D eigenvalue weighted by atomic mass is 9.93. The van der Waals surface area contributed by atoms with Gasteiger partial charge in [0.15, 0.2) is 0 Å². The maximum Gasteiger partial charge on any atom is 0.212 e. The van der Waals surface area contributed by atoms with E-state index in [0.29, 0.717) is 25.5 Å². The summed E-state index contributed by atoms with van der Waals surface area (Å²) in [5.74, 6) is 0.426. The Kier molecular flexibility index (Phi) is 7.01. The molecule has 7 nitrogen and oxygen atoms in total. The predicted molar refractivity (Wildman–Crippen MR) is 125 cm³/mol. The standard InChI is InChI=1S/C23H29N3O4.C2H4/c1-28-21-4-2-3-18-15-25(16-23(22(18)21)29-13-14-30-23)17-24-9-11-26(12-10-24)19-5-7-20(27)8-6-19;1-2/h2-8,27H,9-17H2,1H3;1-2H2. The fourth-order valence-electron chi connectivity index (χ4n) is 4.87. The Bertz CT molecular complexity index is 891. The summed E-state index contributed by atoms with van der Waals surface area (Å²) in [6.07, 6.45) is 0. The van der Waals surface area contributed by atoms with E-state index in [1.54, 1.807) is 19.2 Å². The van der Waals surface area contributed by atoms with Gasteiger partial charge >= 0.3 is 0 Å². The Morgan fingerprint density at radius 3 is 2.31 bits per heavy atom. The third-order valence-electron chi connectivity index (χ3n) is 6.28. The molecule has 2 aromatic carbocycles. The minimum atomic E-state index is -0.728. The molecule has 2 saturated heterocycles. The minimum Gasteiger partial charge on any atom is -0.508 e. The number of methoxy groups -OCH3 is 1. The van der Waals surface area contributed by atoms with Gasteiger partial charge in [0.25, 0.3) is 0 Å². The third kappa shape index (κ3) is 4.47. The zero-order valence-corrected chi connectivity index (χ0v) is 18.8. The summed E-state index contributed by atoms with van der Waals surface area (Å²) < 4.78 is 18.0. The van der Waals surface area contributed by atoms with Crippen LogP contribution in [-0.4, -0.2) is 74.6 Å². The first kappa shape index (κ1) is 22.6. The van der Waals surface area contributed by atoms with Crippen LogP contribution in [0.1, 0.15) is 11.1 Å². The number of phenolic OH excluding ortho intramolecular Hbond substituents is 1. The van der Waals surface area contributed by atoms with Crippen LogP contribution in [0.5, 0.6) is 11.5 Å². The van der Waals surface area contributed by atoms with Crippen LogP contribution in [0.4, 0.5) is 5.69 Å². The molecule has 7 heteroatoms. The lowest BCUT2D eigenvalue weighted by Crippen LogP contribution is -2.54. The van der Waals surface area contributed by atoms with E-state index in [-0.39, 0.29) is 0 Å². The number of anilines is 1. The van der Waals surface area contributed by atoms with Crippen molar-refractivity contribution in [3.05, 3.63) is 66.7 Å². The fourth-order valence-corrected chi connectivity index (χ4v) is 4.87. The molecule has 5 rings (SSSR count). The molecule has 1 spiro atoms. The SMILES string of the molecule is C=C.COc1cccc2c1C1(CN(CN3CCN(c4ccc(O)cc4)CC3)C2)OCCO1. The summed E-state index contributed by atoms with van der Waals surface area (Å²) in [7, 11) is 1.71. The summed E-state index contributed by atoms with van der Waals surface area (Å²) in [5.41, 5.74) is 3.43. The molecule has 1 N–H and O–H groups in total. The first-order valence-electron chi connectivity index (χ1n) is 11.1. The largest absolute Gasteiger partial charge is 0.508 e. The van der Waals surface area contributed by atoms with Gasteiger partial charge in [0, 0.05) is 38.4 Å². The molecule has 0 amide bonds. The van der Waals surface area contributed by atoms with Crippen molar-refractivity contribution in [1.29, 1.82) is 0 Å². The van der Waals surface area contributed by atoms with E-state index in [9.17, 15) is 5.11 Å². The molecule has 2 aromatic rings. The van der Waals surface area contributed by atoms with Crippen LogP contribution in [0.15, 0.2) is 55.6 Å². The highest BCUT2D eigenvalue weighted by Gasteiger charge is 2.47. The second kappa shape index (κ2) is 9.92. The number of benzene rings is 2. The number of ether oxygens (including phenoxy) is 3. The van der Waals surface area contributed by atoms with Crippen LogP contribution in [-0.2, 0) is 21.8 Å². The molecule has 0 bridgehead atoms. The van der Waals surface area contributed by atoms with Crippen molar-refractivity contribution >= 4 is 5.69 Å². The van der Waals surface area contributed by atoms with Crippen molar-refractivity contribution in [1.82, 2.24) is 9.80 Å². The molecule has 0 aliphatic carbocycles. The average molecular weight is 440 g/mol. The molecule has 3 aliphatic rings. The smallest absolute Gasteiger partial charge is 0.212 e. The molecule has 3 aliphatic heterocycles. The van der Waals surface area contributed by atoms with Crippen LogP contribution in [0.2, 0.25) is 0 Å². The van der Waals surface area contributed by atoms with Gasteiger partial charge in [-0.3, -0.25) is 9.80 Å². The number of aromatic hydroxyl groups is 1. The van der Waals surface area contributed by atoms with Gasteiger partial charge in [-0.1, -0.05) is 12.1 Å². The van der Waals surface area contributed by atoms with Gasteiger partial charge in [0.05, 0.1) is 39.1 Å². The normalized spacial score (nSPS) is 20.5. The van der Waals surface area contributed by atoms with E-state index in [0.717, 1.165) is 56.4 Å². The molecule has 0 atom stereocenters. The summed E-state index contributed by atoms with van der Waals surface area (Å²) in [6.45, 7) is 13.6. The Morgan fingerprint density at radius 1 is 0.969 bits per heavy atom. The summed E-state index contributed by atoms with van der Waals surface area (Å²) in [4.78, 5) is 7.28. The number of hydrogen-bond acceptors (Lipinski definition) is 7. The molecule has 32 heavy (non-hydrogen) atoms. The molecule has 3 heterocycles. The minimum absolute atomic E-state index is 0.310. The van der Waals surface area contributed by atoms with Crippen molar-refractivity contribution in [3.8, 4) is 11.5 Å². The number of piperazine rings is 1. The van der Waals surface area contributed by atoms with Gasteiger partial charge in [-0.2, -0.15) is 0 Å². The molecule has 172 valence electrons. The van der Waals surface area contributed by atoms with Crippen LogP contribution in [0, 0.1) is 0 Å². The van der Waals surface area contributed by atoms with E-state index >= 15 is 0 Å². The van der Waals surface area contributed by atoms with E-state index in [4.69, 9.17) is 14.2 Å². The summed E-state index contributed by atoms with van der Waals surface area (Å²) in [5, 5.41) is 9.51. The van der Waals surface area contributed by atoms with E-state index in [1.165, 1.54) is 5.56 Å². The van der Waals surface area contributed by atoms with Gasteiger partial charge in [-0.25, -0.2) is 0 Å².